The number of rotatable bonds is 4. The van der Waals surface area contributed by atoms with Crippen molar-refractivity contribution >= 4 is 11.8 Å². The van der Waals surface area contributed by atoms with Gasteiger partial charge in [-0.25, -0.2) is 0 Å². The fourth-order valence-electron chi connectivity index (χ4n) is 3.63. The number of nitrogens with zero attached hydrogens (tertiary/aromatic N) is 1. The highest BCUT2D eigenvalue weighted by atomic mass is 16.5. The van der Waals surface area contributed by atoms with Crippen LogP contribution in [0, 0.1) is 0 Å². The summed E-state index contributed by atoms with van der Waals surface area (Å²) in [7, 11) is 0. The molecule has 2 amide bonds. The van der Waals surface area contributed by atoms with E-state index in [1.807, 2.05) is 11.0 Å². The zero-order valence-electron chi connectivity index (χ0n) is 13.7. The van der Waals surface area contributed by atoms with Crippen molar-refractivity contribution in [1.29, 1.82) is 0 Å². The summed E-state index contributed by atoms with van der Waals surface area (Å²) in [5.41, 5.74) is 0.555. The molecule has 2 aliphatic rings. The summed E-state index contributed by atoms with van der Waals surface area (Å²) in [5.74, 6) is 0.541. The van der Waals surface area contributed by atoms with Gasteiger partial charge in [-0.05, 0) is 37.5 Å². The highest BCUT2D eigenvalue weighted by Gasteiger charge is 2.43. The number of ether oxygens (including phenoxy) is 1. The maximum atomic E-state index is 12.5. The zero-order chi connectivity index (χ0) is 17.2. The van der Waals surface area contributed by atoms with Crippen LogP contribution in [0.2, 0.25) is 0 Å². The Balaban J connectivity index is 1.33. The first-order valence-electron chi connectivity index (χ1n) is 8.51. The molecule has 25 heavy (non-hydrogen) atoms. The zero-order valence-corrected chi connectivity index (χ0v) is 13.7. The molecule has 0 unspecified atom stereocenters. The van der Waals surface area contributed by atoms with Crippen LogP contribution in [0.5, 0.6) is 0 Å². The lowest BCUT2D eigenvalue weighted by Gasteiger charge is -2.35. The van der Waals surface area contributed by atoms with Crippen molar-refractivity contribution in [3.63, 3.8) is 0 Å². The summed E-state index contributed by atoms with van der Waals surface area (Å²) in [4.78, 5) is 26.7. The second kappa shape index (κ2) is 6.76. The molecule has 0 saturated carbocycles. The first kappa shape index (κ1) is 16.0. The third-order valence-electron chi connectivity index (χ3n) is 4.89. The minimum Gasteiger partial charge on any atom is -0.472 e. The normalized spacial score (nSPS) is 25.6. The van der Waals surface area contributed by atoms with Crippen LogP contribution in [-0.2, 0) is 16.1 Å². The third-order valence-corrected chi connectivity index (χ3v) is 4.89. The lowest BCUT2D eigenvalue weighted by Crippen LogP contribution is -2.48. The number of amides is 2. The highest BCUT2D eigenvalue weighted by Crippen LogP contribution is 2.32. The molecule has 2 saturated heterocycles. The molecule has 0 aromatic carbocycles. The van der Waals surface area contributed by atoms with E-state index in [1.54, 1.807) is 18.4 Å². The first-order valence-corrected chi connectivity index (χ1v) is 8.51. The minimum atomic E-state index is -0.472. The molecule has 0 spiro atoms. The van der Waals surface area contributed by atoms with E-state index >= 15 is 0 Å². The quantitative estimate of drug-likeness (QED) is 0.916. The lowest BCUT2D eigenvalue weighted by molar-refractivity contribution is -0.143. The van der Waals surface area contributed by atoms with Gasteiger partial charge in [-0.2, -0.15) is 0 Å². The van der Waals surface area contributed by atoms with Crippen molar-refractivity contribution in [2.45, 2.75) is 44.1 Å². The van der Waals surface area contributed by atoms with E-state index in [1.165, 1.54) is 12.5 Å². The van der Waals surface area contributed by atoms with Crippen LogP contribution < -0.4 is 5.32 Å². The van der Waals surface area contributed by atoms with E-state index in [-0.39, 0.29) is 24.0 Å². The van der Waals surface area contributed by atoms with Crippen LogP contribution in [0.1, 0.15) is 35.4 Å². The Morgan fingerprint density at radius 1 is 1.20 bits per heavy atom. The van der Waals surface area contributed by atoms with Gasteiger partial charge in [0.05, 0.1) is 36.8 Å². The SMILES string of the molecule is O=C(NCc1ccco1)[C@@H]1CC[C@H]2[C@H](CCN2C(=O)c2ccoc2)O1. The summed E-state index contributed by atoms with van der Waals surface area (Å²) in [6, 6.07) is 5.29. The minimum absolute atomic E-state index is 0.0246. The number of carbonyl (C=O) groups is 2. The number of fused-ring (bicyclic) bond motifs is 1. The average Bonchev–Trinajstić information content (AvgIpc) is 3.40. The van der Waals surface area contributed by atoms with Gasteiger partial charge in [0, 0.05) is 6.54 Å². The third kappa shape index (κ3) is 3.19. The number of carbonyl (C=O) groups excluding carboxylic acids is 2. The van der Waals surface area contributed by atoms with E-state index < -0.39 is 6.10 Å². The number of nitrogens with one attached hydrogen (secondary N) is 1. The Labute approximate surface area is 144 Å². The molecule has 0 bridgehead atoms. The Morgan fingerprint density at radius 2 is 2.12 bits per heavy atom. The molecule has 2 aliphatic heterocycles. The molecule has 2 fully saturated rings. The molecule has 2 aromatic heterocycles. The summed E-state index contributed by atoms with van der Waals surface area (Å²) < 4.78 is 16.2. The Kier molecular flexibility index (Phi) is 4.31. The fourth-order valence-corrected chi connectivity index (χ4v) is 3.63. The van der Waals surface area contributed by atoms with Crippen molar-refractivity contribution in [3.8, 4) is 0 Å². The largest absolute Gasteiger partial charge is 0.472 e. The summed E-state index contributed by atoms with van der Waals surface area (Å²) in [6.45, 7) is 0.991. The molecule has 1 N–H and O–H groups in total. The molecular weight excluding hydrogens is 324 g/mol. The van der Waals surface area contributed by atoms with Crippen LogP contribution in [0.4, 0.5) is 0 Å². The van der Waals surface area contributed by atoms with Crippen molar-refractivity contribution in [3.05, 3.63) is 48.3 Å². The van der Waals surface area contributed by atoms with E-state index in [2.05, 4.69) is 5.32 Å². The van der Waals surface area contributed by atoms with Gasteiger partial charge in [-0.3, -0.25) is 9.59 Å². The molecule has 2 aromatic rings. The molecule has 7 nitrogen and oxygen atoms in total. The Hall–Kier alpha value is -2.54. The predicted molar refractivity (Wildman–Crippen MR) is 86.6 cm³/mol. The molecule has 132 valence electrons. The monoisotopic (exact) mass is 344 g/mol. The van der Waals surface area contributed by atoms with Crippen LogP contribution >= 0.6 is 0 Å². The topological polar surface area (TPSA) is 84.9 Å². The standard InChI is InChI=1S/C18H20N2O5/c21-17(19-10-13-2-1-8-24-13)16-4-3-14-15(25-16)5-7-20(14)18(22)12-6-9-23-11-12/h1-2,6,8-9,11,14-16H,3-5,7,10H2,(H,19,21)/t14-,15-,16-/m0/s1. The molecular formula is C18H20N2O5. The van der Waals surface area contributed by atoms with Gasteiger partial charge in [0.15, 0.2) is 0 Å². The second-order valence-corrected chi connectivity index (χ2v) is 6.40. The van der Waals surface area contributed by atoms with Gasteiger partial charge in [-0.1, -0.05) is 0 Å². The van der Waals surface area contributed by atoms with E-state index in [9.17, 15) is 9.59 Å². The van der Waals surface area contributed by atoms with Crippen molar-refractivity contribution in [2.24, 2.45) is 0 Å². The number of likely N-dealkylation sites (tertiary alicyclic amines) is 1. The first-order chi connectivity index (χ1) is 12.2. The number of hydrogen-bond acceptors (Lipinski definition) is 5. The highest BCUT2D eigenvalue weighted by molar-refractivity contribution is 5.94. The van der Waals surface area contributed by atoms with Gasteiger partial charge >= 0.3 is 0 Å². The molecule has 4 heterocycles. The van der Waals surface area contributed by atoms with Crippen molar-refractivity contribution in [1.82, 2.24) is 10.2 Å². The van der Waals surface area contributed by atoms with Crippen LogP contribution in [-0.4, -0.2) is 41.5 Å². The van der Waals surface area contributed by atoms with Gasteiger partial charge in [-0.15, -0.1) is 0 Å². The van der Waals surface area contributed by atoms with E-state index in [0.29, 0.717) is 30.8 Å². The second-order valence-electron chi connectivity index (χ2n) is 6.40. The van der Waals surface area contributed by atoms with Crippen molar-refractivity contribution < 1.29 is 23.2 Å². The number of furan rings is 2. The molecule has 0 aliphatic carbocycles. The smallest absolute Gasteiger partial charge is 0.257 e. The van der Waals surface area contributed by atoms with Crippen LogP contribution in [0.3, 0.4) is 0 Å². The fraction of sp³-hybridized carbons (Fsp3) is 0.444. The molecule has 4 rings (SSSR count). The summed E-state index contributed by atoms with van der Waals surface area (Å²) in [6.07, 6.45) is 6.07. The lowest BCUT2D eigenvalue weighted by atomic mass is 9.98. The molecule has 7 heteroatoms. The Bertz CT molecular complexity index is 725. The van der Waals surface area contributed by atoms with Gasteiger partial charge in [0.2, 0.25) is 5.91 Å². The van der Waals surface area contributed by atoms with Gasteiger partial charge in [0.1, 0.15) is 18.1 Å². The molecule has 3 atom stereocenters. The maximum absolute atomic E-state index is 12.5. The number of hydrogen-bond donors (Lipinski definition) is 1. The molecule has 0 radical (unpaired) electrons. The van der Waals surface area contributed by atoms with Crippen LogP contribution in [0.25, 0.3) is 0 Å². The maximum Gasteiger partial charge on any atom is 0.257 e. The average molecular weight is 344 g/mol. The Morgan fingerprint density at radius 3 is 2.88 bits per heavy atom. The predicted octanol–water partition coefficient (Wildman–Crippen LogP) is 1.95. The summed E-state index contributed by atoms with van der Waals surface area (Å²) in [5, 5.41) is 2.84. The van der Waals surface area contributed by atoms with E-state index in [4.69, 9.17) is 13.6 Å². The van der Waals surface area contributed by atoms with Gasteiger partial charge in [0.25, 0.3) is 5.91 Å². The van der Waals surface area contributed by atoms with Gasteiger partial charge < -0.3 is 23.8 Å². The van der Waals surface area contributed by atoms with E-state index in [0.717, 1.165) is 12.8 Å². The van der Waals surface area contributed by atoms with Crippen molar-refractivity contribution in [2.75, 3.05) is 6.54 Å². The van der Waals surface area contributed by atoms with Crippen LogP contribution in [0.15, 0.2) is 45.8 Å². The summed E-state index contributed by atoms with van der Waals surface area (Å²) >= 11 is 0.